The van der Waals surface area contributed by atoms with E-state index in [0.29, 0.717) is 0 Å². The van der Waals surface area contributed by atoms with Crippen LogP contribution < -0.4 is 0 Å². The molecule has 4 rings (SSSR count). The van der Waals surface area contributed by atoms with Crippen molar-refractivity contribution in [2.24, 2.45) is 0 Å². The molecule has 1 saturated heterocycles. The highest BCUT2D eigenvalue weighted by molar-refractivity contribution is 8.25. The molecule has 0 N–H and O–H groups in total. The van der Waals surface area contributed by atoms with Crippen LogP contribution in [0.3, 0.4) is 0 Å². The minimum absolute atomic E-state index is 0.162. The van der Waals surface area contributed by atoms with E-state index in [1.54, 1.807) is 6.92 Å². The molecule has 1 atom stereocenters. The molecule has 1 unspecified atom stereocenters. The first kappa shape index (κ1) is 16.7. The Morgan fingerprint density at radius 2 is 1.60 bits per heavy atom. The van der Waals surface area contributed by atoms with Crippen LogP contribution in [0.2, 0.25) is 0 Å². The molecule has 0 spiro atoms. The maximum atomic E-state index is 12.5. The number of Topliss-reactive ketones (excluding diaryl/α,β-unsaturated/α-hetero) is 1. The van der Waals surface area contributed by atoms with E-state index in [9.17, 15) is 4.79 Å². The second-order valence-electron chi connectivity index (χ2n) is 6.59. The van der Waals surface area contributed by atoms with Gasteiger partial charge in [0.05, 0.1) is 4.24 Å². The highest BCUT2D eigenvalue weighted by Crippen LogP contribution is 2.50. The van der Waals surface area contributed by atoms with Gasteiger partial charge in [-0.25, -0.2) is 0 Å². The number of allylic oxidation sites excluding steroid dienone is 3. The van der Waals surface area contributed by atoms with E-state index in [2.05, 4.69) is 61.5 Å². The molecule has 1 heterocycles. The molecule has 1 aliphatic carbocycles. The average molecular weight is 365 g/mol. The summed E-state index contributed by atoms with van der Waals surface area (Å²) in [7, 11) is 0. The lowest BCUT2D eigenvalue weighted by atomic mass is 9.78. The van der Waals surface area contributed by atoms with Crippen molar-refractivity contribution in [1.29, 1.82) is 0 Å². The van der Waals surface area contributed by atoms with Crippen LogP contribution in [0.5, 0.6) is 0 Å². The van der Waals surface area contributed by atoms with Crippen molar-refractivity contribution < 1.29 is 4.79 Å². The summed E-state index contributed by atoms with van der Waals surface area (Å²) in [6, 6.07) is 19.1. The number of benzene rings is 2. The van der Waals surface area contributed by atoms with Crippen molar-refractivity contribution in [1.82, 2.24) is 0 Å². The molecule has 126 valence electrons. The zero-order valence-corrected chi connectivity index (χ0v) is 16.0. The maximum Gasteiger partial charge on any atom is 0.162 e. The molecule has 2 aliphatic rings. The van der Waals surface area contributed by atoms with Crippen molar-refractivity contribution >= 4 is 34.9 Å². The SMILES string of the molecule is CC(=O)C(C1=CC(C)(c2ccccc2)c2ccccc21)=C1SCCS1. The summed E-state index contributed by atoms with van der Waals surface area (Å²) in [6.07, 6.45) is 2.30. The quantitative estimate of drug-likeness (QED) is 0.653. The minimum Gasteiger partial charge on any atom is -0.294 e. The summed E-state index contributed by atoms with van der Waals surface area (Å²) >= 11 is 3.63. The number of rotatable bonds is 3. The van der Waals surface area contributed by atoms with Gasteiger partial charge in [0.2, 0.25) is 0 Å². The number of carbonyl (C=O) groups excluding carboxylic acids is 1. The summed E-state index contributed by atoms with van der Waals surface area (Å²) in [6.45, 7) is 3.95. The molecule has 1 aliphatic heterocycles. The molecule has 25 heavy (non-hydrogen) atoms. The molecule has 0 aromatic heterocycles. The molecule has 1 fully saturated rings. The summed E-state index contributed by atoms with van der Waals surface area (Å²) in [5.41, 5.74) is 5.54. The lowest BCUT2D eigenvalue weighted by molar-refractivity contribution is -0.113. The number of fused-ring (bicyclic) bond motifs is 1. The van der Waals surface area contributed by atoms with E-state index in [-0.39, 0.29) is 11.2 Å². The van der Waals surface area contributed by atoms with Gasteiger partial charge in [-0.15, -0.1) is 23.5 Å². The highest BCUT2D eigenvalue weighted by atomic mass is 32.2. The Bertz CT molecular complexity index is 887. The van der Waals surface area contributed by atoms with Crippen LogP contribution in [-0.4, -0.2) is 17.3 Å². The number of carbonyl (C=O) groups is 1. The van der Waals surface area contributed by atoms with Gasteiger partial charge < -0.3 is 0 Å². The number of hydrogen-bond acceptors (Lipinski definition) is 3. The van der Waals surface area contributed by atoms with Crippen LogP contribution in [0.1, 0.15) is 30.5 Å². The monoisotopic (exact) mass is 364 g/mol. The normalized spacial score (nSPS) is 21.8. The predicted molar refractivity (Wildman–Crippen MR) is 110 cm³/mol. The maximum absolute atomic E-state index is 12.5. The van der Waals surface area contributed by atoms with Crippen molar-refractivity contribution in [3.63, 3.8) is 0 Å². The molecule has 1 nitrogen and oxygen atoms in total. The van der Waals surface area contributed by atoms with Gasteiger partial charge in [0.1, 0.15) is 0 Å². The Kier molecular flexibility index (Phi) is 4.38. The molecule has 2 aromatic carbocycles. The molecule has 0 bridgehead atoms. The fourth-order valence-electron chi connectivity index (χ4n) is 3.74. The first-order valence-electron chi connectivity index (χ1n) is 8.51. The van der Waals surface area contributed by atoms with Crippen LogP contribution in [0.25, 0.3) is 5.57 Å². The van der Waals surface area contributed by atoms with E-state index in [4.69, 9.17) is 0 Å². The Balaban J connectivity index is 1.96. The van der Waals surface area contributed by atoms with Crippen molar-refractivity contribution in [2.45, 2.75) is 19.3 Å². The Morgan fingerprint density at radius 3 is 2.28 bits per heavy atom. The molecule has 0 radical (unpaired) electrons. The van der Waals surface area contributed by atoms with E-state index < -0.39 is 0 Å². The molecule has 3 heteroatoms. The van der Waals surface area contributed by atoms with E-state index >= 15 is 0 Å². The zero-order valence-electron chi connectivity index (χ0n) is 14.4. The molecule has 0 amide bonds. The first-order valence-corrected chi connectivity index (χ1v) is 10.5. The summed E-state index contributed by atoms with van der Waals surface area (Å²) in [5, 5.41) is 0. The van der Waals surface area contributed by atoms with Gasteiger partial charge >= 0.3 is 0 Å². The van der Waals surface area contributed by atoms with Crippen molar-refractivity contribution in [3.05, 3.63) is 87.2 Å². The van der Waals surface area contributed by atoms with Crippen molar-refractivity contribution in [2.75, 3.05) is 11.5 Å². The van der Waals surface area contributed by atoms with Gasteiger partial charge in [-0.3, -0.25) is 4.79 Å². The van der Waals surface area contributed by atoms with Crippen LogP contribution in [-0.2, 0) is 10.2 Å². The van der Waals surface area contributed by atoms with E-state index in [0.717, 1.165) is 22.7 Å². The largest absolute Gasteiger partial charge is 0.294 e. The van der Waals surface area contributed by atoms with Gasteiger partial charge in [0, 0.05) is 22.5 Å². The van der Waals surface area contributed by atoms with Crippen LogP contribution >= 0.6 is 23.5 Å². The molecule has 0 saturated carbocycles. The van der Waals surface area contributed by atoms with Gasteiger partial charge in [-0.1, -0.05) is 60.7 Å². The second-order valence-corrected chi connectivity index (χ2v) is 9.06. The Labute approximate surface area is 157 Å². The topological polar surface area (TPSA) is 17.1 Å². The number of ketones is 1. The van der Waals surface area contributed by atoms with E-state index in [1.807, 2.05) is 29.6 Å². The molecular formula is C22H20OS2. The highest BCUT2D eigenvalue weighted by Gasteiger charge is 2.37. The number of thioether (sulfide) groups is 2. The van der Waals surface area contributed by atoms with Crippen LogP contribution in [0.15, 0.2) is 70.5 Å². The smallest absolute Gasteiger partial charge is 0.162 e. The first-order chi connectivity index (χ1) is 12.1. The van der Waals surface area contributed by atoms with Gasteiger partial charge in [-0.2, -0.15) is 0 Å². The predicted octanol–water partition coefficient (Wildman–Crippen LogP) is 5.67. The fraction of sp³-hybridized carbons (Fsp3) is 0.227. The minimum atomic E-state index is -0.206. The van der Waals surface area contributed by atoms with Crippen LogP contribution in [0, 0.1) is 0 Å². The summed E-state index contributed by atoms with van der Waals surface area (Å²) in [4.78, 5) is 12.5. The third-order valence-corrected chi connectivity index (χ3v) is 7.67. The third-order valence-electron chi connectivity index (χ3n) is 4.96. The molecule has 2 aromatic rings. The van der Waals surface area contributed by atoms with Gasteiger partial charge in [-0.05, 0) is 36.1 Å². The lowest BCUT2D eigenvalue weighted by Crippen LogP contribution is -2.18. The number of hydrogen-bond donors (Lipinski definition) is 0. The molecular weight excluding hydrogens is 344 g/mol. The van der Waals surface area contributed by atoms with Crippen LogP contribution in [0.4, 0.5) is 0 Å². The Hall–Kier alpha value is -1.71. The standard InChI is InChI=1S/C22H20OS2/c1-15(23)20(21-24-12-13-25-21)18-14-22(2,16-8-4-3-5-9-16)19-11-7-6-10-17(18)19/h3-11,14H,12-13H2,1-2H3. The third kappa shape index (κ3) is 2.80. The second kappa shape index (κ2) is 6.54. The van der Waals surface area contributed by atoms with Crippen molar-refractivity contribution in [3.8, 4) is 0 Å². The summed E-state index contributed by atoms with van der Waals surface area (Å²) in [5.74, 6) is 2.33. The Morgan fingerprint density at radius 1 is 0.960 bits per heavy atom. The average Bonchev–Trinajstić information content (AvgIpc) is 3.25. The van der Waals surface area contributed by atoms with E-state index in [1.165, 1.54) is 20.9 Å². The summed E-state index contributed by atoms with van der Waals surface area (Å²) < 4.78 is 1.19. The lowest BCUT2D eigenvalue weighted by Gasteiger charge is -2.24. The van der Waals surface area contributed by atoms with Gasteiger partial charge in [0.25, 0.3) is 0 Å². The fourth-order valence-corrected chi connectivity index (χ4v) is 6.41. The zero-order chi connectivity index (χ0) is 17.4. The van der Waals surface area contributed by atoms with Gasteiger partial charge in [0.15, 0.2) is 5.78 Å².